The topological polar surface area (TPSA) is 69.4 Å². The molecule has 0 aliphatic heterocycles. The minimum atomic E-state index is -0.435. The van der Waals surface area contributed by atoms with Gasteiger partial charge in [0, 0.05) is 11.1 Å². The summed E-state index contributed by atoms with van der Waals surface area (Å²) >= 11 is 0. The molecule has 0 aromatic carbocycles. The Kier molecular flexibility index (Phi) is 7.18. The number of methoxy groups -OCH3 is 1. The number of ether oxygens (including phenoxy) is 1. The van der Waals surface area contributed by atoms with Crippen LogP contribution in [0.5, 0.6) is 0 Å². The zero-order valence-electron chi connectivity index (χ0n) is 10.7. The highest BCUT2D eigenvalue weighted by molar-refractivity contribution is 5.90. The van der Waals surface area contributed by atoms with E-state index < -0.39 is 5.91 Å². The molecule has 0 atom stereocenters. The average molecular weight is 227 g/mol. The Hall–Kier alpha value is -1.58. The lowest BCUT2D eigenvalue weighted by Crippen LogP contribution is -2.17. The molecule has 4 nitrogen and oxygen atoms in total. The number of carbonyl (C=O) groups excluding carboxylic acids is 2. The first kappa shape index (κ1) is 16.8. The maximum atomic E-state index is 10.8. The fourth-order valence-corrected chi connectivity index (χ4v) is 0.429. The molecule has 0 saturated carbocycles. The van der Waals surface area contributed by atoms with Crippen molar-refractivity contribution in [3.05, 3.63) is 24.3 Å². The van der Waals surface area contributed by atoms with Crippen molar-refractivity contribution in [1.29, 1.82) is 0 Å². The molecule has 0 bridgehead atoms. The Bertz CT molecular complexity index is 286. The zero-order chi connectivity index (χ0) is 13.5. The molecule has 0 radical (unpaired) electrons. The molecule has 0 aliphatic carbocycles. The lowest BCUT2D eigenvalue weighted by molar-refractivity contribution is -0.137. The lowest BCUT2D eigenvalue weighted by atomic mass is 9.88. The number of nitrogens with two attached hydrogens (primary N) is 1. The minimum Gasteiger partial charge on any atom is -0.466 e. The Balaban J connectivity index is 0. The maximum absolute atomic E-state index is 10.8. The second kappa shape index (κ2) is 6.82. The Morgan fingerprint density at radius 1 is 1.19 bits per heavy atom. The fourth-order valence-electron chi connectivity index (χ4n) is 0.429. The van der Waals surface area contributed by atoms with Crippen LogP contribution in [0.1, 0.15) is 27.7 Å². The van der Waals surface area contributed by atoms with E-state index in [1.165, 1.54) is 7.11 Å². The molecule has 0 unspecified atom stereocenters. The van der Waals surface area contributed by atoms with E-state index in [1.807, 2.05) is 20.8 Å². The first-order chi connectivity index (χ1) is 7.03. The van der Waals surface area contributed by atoms with Crippen LogP contribution in [0, 0.1) is 5.41 Å². The van der Waals surface area contributed by atoms with Gasteiger partial charge in [0.05, 0.1) is 7.11 Å². The second-order valence-electron chi connectivity index (χ2n) is 4.36. The molecule has 4 heteroatoms. The number of hydrogen-bond donors (Lipinski definition) is 1. The molecule has 0 aromatic rings. The molecule has 0 rings (SSSR count). The van der Waals surface area contributed by atoms with Crippen LogP contribution in [0.25, 0.3) is 0 Å². The third kappa shape index (κ3) is 7.79. The van der Waals surface area contributed by atoms with Crippen molar-refractivity contribution in [1.82, 2.24) is 0 Å². The highest BCUT2D eigenvalue weighted by atomic mass is 16.5. The summed E-state index contributed by atoms with van der Waals surface area (Å²) in [6.07, 6.45) is 0. The molecule has 0 fully saturated rings. The lowest BCUT2D eigenvalue weighted by Gasteiger charge is -2.18. The van der Waals surface area contributed by atoms with E-state index in [0.717, 1.165) is 0 Å². The van der Waals surface area contributed by atoms with E-state index in [0.29, 0.717) is 11.1 Å². The molecule has 16 heavy (non-hydrogen) atoms. The second-order valence-corrected chi connectivity index (χ2v) is 4.36. The van der Waals surface area contributed by atoms with Gasteiger partial charge in [-0.3, -0.25) is 4.79 Å². The van der Waals surface area contributed by atoms with Gasteiger partial charge in [0.25, 0.3) is 0 Å². The number of carbonyl (C=O) groups is 2. The van der Waals surface area contributed by atoms with Crippen molar-refractivity contribution in [2.45, 2.75) is 27.7 Å². The molecule has 0 aromatic heterocycles. The van der Waals surface area contributed by atoms with Crippen LogP contribution in [0.3, 0.4) is 0 Å². The van der Waals surface area contributed by atoms with Crippen LogP contribution < -0.4 is 5.73 Å². The summed E-state index contributed by atoms with van der Waals surface area (Å²) in [5, 5.41) is 0. The quantitative estimate of drug-likeness (QED) is 0.577. The summed E-state index contributed by atoms with van der Waals surface area (Å²) in [7, 11) is 1.36. The number of rotatable bonds is 2. The summed E-state index contributed by atoms with van der Waals surface area (Å²) < 4.78 is 4.50. The van der Waals surface area contributed by atoms with E-state index in [4.69, 9.17) is 5.73 Å². The number of primary amides is 1. The first-order valence-electron chi connectivity index (χ1n) is 4.77. The van der Waals surface area contributed by atoms with Gasteiger partial charge in [-0.15, -0.1) is 0 Å². The van der Waals surface area contributed by atoms with Crippen LogP contribution in [-0.2, 0) is 14.3 Å². The van der Waals surface area contributed by atoms with Crippen LogP contribution in [-0.4, -0.2) is 19.0 Å². The number of hydrogen-bond acceptors (Lipinski definition) is 3. The Morgan fingerprint density at radius 3 is 1.56 bits per heavy atom. The third-order valence-corrected chi connectivity index (χ3v) is 1.76. The zero-order valence-corrected chi connectivity index (χ0v) is 10.7. The molecule has 0 aliphatic rings. The van der Waals surface area contributed by atoms with Crippen molar-refractivity contribution in [3.63, 3.8) is 0 Å². The summed E-state index contributed by atoms with van der Waals surface area (Å²) in [5.41, 5.74) is 5.42. The molecule has 1 amide bonds. The fraction of sp³-hybridized carbons (Fsp3) is 0.500. The molecular weight excluding hydrogens is 206 g/mol. The monoisotopic (exact) mass is 227 g/mol. The van der Waals surface area contributed by atoms with E-state index >= 15 is 0 Å². The van der Waals surface area contributed by atoms with Gasteiger partial charge >= 0.3 is 5.97 Å². The molecule has 2 N–H and O–H groups in total. The van der Waals surface area contributed by atoms with Gasteiger partial charge in [0.2, 0.25) is 5.91 Å². The van der Waals surface area contributed by atoms with E-state index in [-0.39, 0.29) is 11.4 Å². The van der Waals surface area contributed by atoms with Crippen molar-refractivity contribution >= 4 is 11.9 Å². The average Bonchev–Trinajstić information content (AvgIpc) is 2.14. The van der Waals surface area contributed by atoms with Crippen LogP contribution >= 0.6 is 0 Å². The smallest absolute Gasteiger partial charge is 0.333 e. The molecule has 92 valence electrons. The SMILES string of the molecule is C=C(C(=O)OC)C(C)(C)C.C=C(C)C(N)=O. The van der Waals surface area contributed by atoms with E-state index in [9.17, 15) is 9.59 Å². The Morgan fingerprint density at radius 2 is 1.50 bits per heavy atom. The maximum Gasteiger partial charge on any atom is 0.333 e. The van der Waals surface area contributed by atoms with Gasteiger partial charge in [0.15, 0.2) is 0 Å². The summed E-state index contributed by atoms with van der Waals surface area (Å²) in [6.45, 7) is 14.2. The van der Waals surface area contributed by atoms with Crippen LogP contribution in [0.4, 0.5) is 0 Å². The van der Waals surface area contributed by atoms with Crippen molar-refractivity contribution in [3.8, 4) is 0 Å². The summed E-state index contributed by atoms with van der Waals surface area (Å²) in [4.78, 5) is 20.7. The standard InChI is InChI=1S/C8H14O2.C4H7NO/c1-6(7(9)10-5)8(2,3)4;1-3(2)4(5)6/h1H2,2-5H3;1H2,2H3,(H2,5,6). The van der Waals surface area contributed by atoms with Gasteiger partial charge < -0.3 is 10.5 Å². The predicted molar refractivity (Wildman–Crippen MR) is 64.6 cm³/mol. The van der Waals surface area contributed by atoms with E-state index in [2.05, 4.69) is 17.9 Å². The molecule has 0 heterocycles. The van der Waals surface area contributed by atoms with Crippen molar-refractivity contribution in [2.75, 3.05) is 7.11 Å². The molecule has 0 spiro atoms. The third-order valence-electron chi connectivity index (χ3n) is 1.76. The van der Waals surface area contributed by atoms with Crippen molar-refractivity contribution in [2.24, 2.45) is 11.1 Å². The van der Waals surface area contributed by atoms with Gasteiger partial charge in [0.1, 0.15) is 0 Å². The van der Waals surface area contributed by atoms with E-state index in [1.54, 1.807) is 6.92 Å². The largest absolute Gasteiger partial charge is 0.466 e. The van der Waals surface area contributed by atoms with Gasteiger partial charge in [-0.2, -0.15) is 0 Å². The van der Waals surface area contributed by atoms with Gasteiger partial charge in [-0.05, 0) is 12.3 Å². The normalized spacial score (nSPS) is 9.56. The summed E-state index contributed by atoms with van der Waals surface area (Å²) in [6, 6.07) is 0. The van der Waals surface area contributed by atoms with Gasteiger partial charge in [-0.25, -0.2) is 4.79 Å². The van der Waals surface area contributed by atoms with Gasteiger partial charge in [-0.1, -0.05) is 33.9 Å². The highest BCUT2D eigenvalue weighted by Crippen LogP contribution is 2.23. The minimum absolute atomic E-state index is 0.187. The number of esters is 1. The van der Waals surface area contributed by atoms with Crippen molar-refractivity contribution < 1.29 is 14.3 Å². The Labute approximate surface area is 97.2 Å². The van der Waals surface area contributed by atoms with Crippen LogP contribution in [0.15, 0.2) is 24.3 Å². The first-order valence-corrected chi connectivity index (χ1v) is 4.77. The molecular formula is C12H21NO3. The summed E-state index contributed by atoms with van der Waals surface area (Å²) in [5.74, 6) is -0.762. The van der Waals surface area contributed by atoms with Crippen LogP contribution in [0.2, 0.25) is 0 Å². The highest BCUT2D eigenvalue weighted by Gasteiger charge is 2.21. The number of amides is 1. The predicted octanol–water partition coefficient (Wildman–Crippen LogP) is 1.81. The molecule has 0 saturated heterocycles.